The molecule has 0 heterocycles. The molecule has 1 unspecified atom stereocenters. The molecule has 0 aromatic carbocycles. The van der Waals surface area contributed by atoms with Gasteiger partial charge in [-0.05, 0) is 31.1 Å². The number of ether oxygens (including phenoxy) is 1. The highest BCUT2D eigenvalue weighted by molar-refractivity contribution is 7.80. The van der Waals surface area contributed by atoms with Crippen molar-refractivity contribution in [2.24, 2.45) is 0 Å². The summed E-state index contributed by atoms with van der Waals surface area (Å²) in [6.07, 6.45) is 2.00. The third-order valence-electron chi connectivity index (χ3n) is 2.61. The summed E-state index contributed by atoms with van der Waals surface area (Å²) in [5, 5.41) is 8.86. The second-order valence-electron chi connectivity index (χ2n) is 6.09. The summed E-state index contributed by atoms with van der Waals surface area (Å²) in [6.45, 7) is 2.37. The van der Waals surface area contributed by atoms with E-state index in [4.69, 9.17) is 22.1 Å². The predicted molar refractivity (Wildman–Crippen MR) is 81.8 cm³/mol. The van der Waals surface area contributed by atoms with Crippen molar-refractivity contribution in [3.63, 3.8) is 0 Å². The number of likely N-dealkylation sites (N-methyl/N-ethyl adjacent to an activating group) is 1. The van der Waals surface area contributed by atoms with Gasteiger partial charge in [-0.2, -0.15) is 0 Å². The maximum absolute atomic E-state index is 11.7. The van der Waals surface area contributed by atoms with Gasteiger partial charge in [0.1, 0.15) is 6.54 Å². The molecule has 0 aromatic heterocycles. The number of hydrogen-bond acceptors (Lipinski definition) is 4. The van der Waals surface area contributed by atoms with Crippen LogP contribution in [-0.2, 0) is 14.3 Å². The molecule has 0 radical (unpaired) electrons. The Labute approximate surface area is 126 Å². The highest BCUT2D eigenvalue weighted by Gasteiger charge is 2.24. The number of carboxylic acid groups (broad SMARTS) is 1. The fraction of sp³-hybridized carbons (Fsp3) is 0.786. The van der Waals surface area contributed by atoms with E-state index in [1.165, 1.54) is 0 Å². The first-order valence-electron chi connectivity index (χ1n) is 6.81. The van der Waals surface area contributed by atoms with E-state index in [-0.39, 0.29) is 12.4 Å². The second-order valence-corrected chi connectivity index (χ2v) is 6.79. The minimum Gasteiger partial charge on any atom is -0.481 e. The number of carbonyl (C=O) groups excluding carboxylic acids is 1. The molecule has 0 bridgehead atoms. The number of esters is 1. The van der Waals surface area contributed by atoms with Crippen molar-refractivity contribution in [3.05, 3.63) is 0 Å². The third kappa shape index (κ3) is 12.0. The largest absolute Gasteiger partial charge is 0.481 e. The summed E-state index contributed by atoms with van der Waals surface area (Å²) in [7, 11) is 5.81. The van der Waals surface area contributed by atoms with Crippen LogP contribution < -0.4 is 0 Å². The van der Waals surface area contributed by atoms with Gasteiger partial charge in [-0.25, -0.2) is 0 Å². The first-order chi connectivity index (χ1) is 9.10. The van der Waals surface area contributed by atoms with Crippen LogP contribution in [0.5, 0.6) is 0 Å². The number of carbonyl (C=O) groups is 2. The molecule has 0 saturated carbocycles. The number of hydrogen-bond donors (Lipinski definition) is 1. The zero-order chi connectivity index (χ0) is 15.8. The van der Waals surface area contributed by atoms with Crippen LogP contribution in [0.3, 0.4) is 0 Å². The maximum atomic E-state index is 11.7. The lowest BCUT2D eigenvalue weighted by Gasteiger charge is -2.28. The van der Waals surface area contributed by atoms with Crippen LogP contribution in [-0.4, -0.2) is 60.2 Å². The van der Waals surface area contributed by atoms with Crippen molar-refractivity contribution in [1.82, 2.24) is 0 Å². The molecular formula is C14H26NO4S+. The number of aliphatic carboxylic acids is 1. The zero-order valence-electron chi connectivity index (χ0n) is 12.8. The van der Waals surface area contributed by atoms with E-state index in [1.54, 1.807) is 0 Å². The smallest absolute Gasteiger partial charge is 0.307 e. The van der Waals surface area contributed by atoms with Crippen molar-refractivity contribution < 1.29 is 23.9 Å². The summed E-state index contributed by atoms with van der Waals surface area (Å²) in [5.41, 5.74) is 0. The lowest BCUT2D eigenvalue weighted by molar-refractivity contribution is -0.873. The molecule has 1 atom stereocenters. The summed E-state index contributed by atoms with van der Waals surface area (Å²) >= 11 is 4.97. The first kappa shape index (κ1) is 19.0. The van der Waals surface area contributed by atoms with E-state index in [9.17, 15) is 9.59 Å². The van der Waals surface area contributed by atoms with E-state index in [1.807, 2.05) is 28.1 Å². The van der Waals surface area contributed by atoms with Gasteiger partial charge in [0, 0.05) is 6.42 Å². The summed E-state index contributed by atoms with van der Waals surface area (Å²) in [5.74, 6) is -1.28. The maximum Gasteiger partial charge on any atom is 0.307 e. The van der Waals surface area contributed by atoms with Gasteiger partial charge in [0.2, 0.25) is 0 Å². The van der Waals surface area contributed by atoms with E-state index in [0.717, 1.165) is 24.1 Å². The molecule has 116 valence electrons. The Morgan fingerprint density at radius 3 is 2.20 bits per heavy atom. The summed E-state index contributed by atoms with van der Waals surface area (Å²) in [4.78, 5) is 23.4. The minimum absolute atomic E-state index is 0.152. The molecule has 6 heteroatoms. The summed E-state index contributed by atoms with van der Waals surface area (Å²) < 4.78 is 5.83. The van der Waals surface area contributed by atoms with Crippen LogP contribution in [0, 0.1) is 0 Å². The standard InChI is InChI=1S/C14H25NO4S/c1-11(20)7-5-6-8-14(18)19-12(9-13(16)17)10-15(2,3)4/h12H,5-10H2,1-4H3/p+1. The highest BCUT2D eigenvalue weighted by Crippen LogP contribution is 2.09. The molecule has 5 nitrogen and oxygen atoms in total. The number of rotatable bonds is 10. The molecule has 0 rings (SSSR count). The molecule has 0 aromatic rings. The van der Waals surface area contributed by atoms with Crippen LogP contribution in [0.1, 0.15) is 39.0 Å². The monoisotopic (exact) mass is 304 g/mol. The highest BCUT2D eigenvalue weighted by atomic mass is 32.1. The molecule has 0 spiro atoms. The van der Waals surface area contributed by atoms with Crippen molar-refractivity contribution in [2.45, 2.75) is 45.1 Å². The zero-order valence-corrected chi connectivity index (χ0v) is 13.7. The number of quaternary nitrogens is 1. The number of thiocarbonyl (C=S) groups is 1. The van der Waals surface area contributed by atoms with E-state index in [0.29, 0.717) is 17.4 Å². The van der Waals surface area contributed by atoms with Gasteiger partial charge < -0.3 is 14.3 Å². The Kier molecular flexibility index (Phi) is 8.57. The van der Waals surface area contributed by atoms with Gasteiger partial charge in [0.25, 0.3) is 0 Å². The Bertz CT molecular complexity index is 350. The van der Waals surface area contributed by atoms with E-state index < -0.39 is 12.1 Å². The van der Waals surface area contributed by atoms with Gasteiger partial charge >= 0.3 is 11.9 Å². The number of nitrogens with zero attached hydrogens (tertiary/aromatic N) is 1. The van der Waals surface area contributed by atoms with E-state index in [2.05, 4.69) is 0 Å². The van der Waals surface area contributed by atoms with Crippen LogP contribution in [0.25, 0.3) is 0 Å². The predicted octanol–water partition coefficient (Wildman–Crippen LogP) is 2.03. The fourth-order valence-electron chi connectivity index (χ4n) is 1.84. The molecular weight excluding hydrogens is 278 g/mol. The summed E-state index contributed by atoms with van der Waals surface area (Å²) in [6, 6.07) is 0. The second kappa shape index (κ2) is 9.02. The van der Waals surface area contributed by atoms with Crippen molar-refractivity contribution in [1.29, 1.82) is 0 Å². The van der Waals surface area contributed by atoms with Gasteiger partial charge in [-0.3, -0.25) is 9.59 Å². The average molecular weight is 304 g/mol. The molecule has 0 fully saturated rings. The van der Waals surface area contributed by atoms with Gasteiger partial charge in [0.15, 0.2) is 6.10 Å². The first-order valence-corrected chi connectivity index (χ1v) is 7.22. The Morgan fingerprint density at radius 2 is 1.75 bits per heavy atom. The van der Waals surface area contributed by atoms with Crippen LogP contribution in [0.4, 0.5) is 0 Å². The Hall–Kier alpha value is -1.01. The lowest BCUT2D eigenvalue weighted by atomic mass is 10.1. The van der Waals surface area contributed by atoms with Crippen LogP contribution in [0.2, 0.25) is 0 Å². The fourth-order valence-corrected chi connectivity index (χ4v) is 1.98. The molecule has 0 aliphatic carbocycles. The van der Waals surface area contributed by atoms with Crippen molar-refractivity contribution in [3.8, 4) is 0 Å². The van der Waals surface area contributed by atoms with Crippen LogP contribution in [0.15, 0.2) is 0 Å². The molecule has 0 saturated heterocycles. The topological polar surface area (TPSA) is 63.6 Å². The quantitative estimate of drug-likeness (QED) is 0.289. The molecule has 20 heavy (non-hydrogen) atoms. The molecule has 0 aliphatic heterocycles. The SMILES string of the molecule is CC(=S)CCCCC(=O)OC(CC(=O)O)C[N+](C)(C)C. The van der Waals surface area contributed by atoms with E-state index >= 15 is 0 Å². The van der Waals surface area contributed by atoms with Gasteiger partial charge in [0.05, 0.1) is 27.6 Å². The number of unbranched alkanes of at least 4 members (excludes halogenated alkanes) is 1. The van der Waals surface area contributed by atoms with Crippen molar-refractivity contribution >= 4 is 29.0 Å². The molecule has 0 amide bonds. The lowest BCUT2D eigenvalue weighted by Crippen LogP contribution is -2.43. The molecule has 0 aliphatic rings. The third-order valence-corrected chi connectivity index (χ3v) is 2.82. The normalized spacial score (nSPS) is 12.8. The molecule has 1 N–H and O–H groups in total. The number of carboxylic acids is 1. The minimum atomic E-state index is -0.951. The average Bonchev–Trinajstić information content (AvgIpc) is 2.20. The van der Waals surface area contributed by atoms with Crippen molar-refractivity contribution in [2.75, 3.05) is 27.7 Å². The van der Waals surface area contributed by atoms with Gasteiger partial charge in [-0.15, -0.1) is 0 Å². The Morgan fingerprint density at radius 1 is 1.20 bits per heavy atom. The van der Waals surface area contributed by atoms with Crippen LogP contribution >= 0.6 is 12.2 Å². The Balaban J connectivity index is 4.18. The van der Waals surface area contributed by atoms with Gasteiger partial charge in [-0.1, -0.05) is 12.2 Å².